The van der Waals surface area contributed by atoms with Crippen molar-refractivity contribution in [3.8, 4) is 12.3 Å². The van der Waals surface area contributed by atoms with Gasteiger partial charge in [-0.15, -0.1) is 12.3 Å². The maximum Gasteiger partial charge on any atom is 0.407 e. The Morgan fingerprint density at radius 2 is 2.13 bits per heavy atom. The van der Waals surface area contributed by atoms with Gasteiger partial charge in [-0.25, -0.2) is 4.79 Å². The number of alkyl carbamates (subject to hydrolysis) is 1. The van der Waals surface area contributed by atoms with Crippen LogP contribution >= 0.6 is 0 Å². The number of amides is 1. The molecule has 0 aromatic rings. The molecule has 0 bridgehead atoms. The molecule has 0 saturated carbocycles. The number of aliphatic hydroxyl groups excluding tert-OH is 1. The number of ether oxygens (including phenoxy) is 1. The second-order valence-corrected chi connectivity index (χ2v) is 4.40. The fourth-order valence-corrected chi connectivity index (χ4v) is 0.928. The maximum atomic E-state index is 11.3. The van der Waals surface area contributed by atoms with Crippen molar-refractivity contribution in [3.05, 3.63) is 0 Å². The lowest BCUT2D eigenvalue weighted by Crippen LogP contribution is -2.44. The number of carbonyl (C=O) groups excluding carboxylic acids is 1. The molecule has 0 aromatic heterocycles. The van der Waals surface area contributed by atoms with Crippen LogP contribution in [0.15, 0.2) is 0 Å². The summed E-state index contributed by atoms with van der Waals surface area (Å²) in [5.41, 5.74) is -0.552. The van der Waals surface area contributed by atoms with E-state index in [4.69, 9.17) is 11.2 Å². The number of rotatable bonds is 3. The highest BCUT2D eigenvalue weighted by Crippen LogP contribution is 2.07. The average molecular weight is 213 g/mol. The van der Waals surface area contributed by atoms with Crippen molar-refractivity contribution in [1.29, 1.82) is 0 Å². The molecule has 0 aliphatic carbocycles. The Kier molecular flexibility index (Phi) is 5.16. The minimum atomic E-state index is -0.700. The van der Waals surface area contributed by atoms with Crippen molar-refractivity contribution < 1.29 is 14.6 Å². The van der Waals surface area contributed by atoms with E-state index in [1.165, 1.54) is 0 Å². The first kappa shape index (κ1) is 13.8. The Morgan fingerprint density at radius 1 is 1.60 bits per heavy atom. The van der Waals surface area contributed by atoms with E-state index in [0.717, 1.165) is 0 Å². The molecule has 0 fully saturated rings. The van der Waals surface area contributed by atoms with Crippen molar-refractivity contribution in [2.45, 2.75) is 51.9 Å². The van der Waals surface area contributed by atoms with E-state index in [2.05, 4.69) is 11.2 Å². The van der Waals surface area contributed by atoms with Gasteiger partial charge in [-0.3, -0.25) is 0 Å². The van der Waals surface area contributed by atoms with Crippen LogP contribution in [-0.4, -0.2) is 28.9 Å². The van der Waals surface area contributed by atoms with E-state index >= 15 is 0 Å². The highest BCUT2D eigenvalue weighted by atomic mass is 16.6. The van der Waals surface area contributed by atoms with Gasteiger partial charge < -0.3 is 15.2 Å². The van der Waals surface area contributed by atoms with Gasteiger partial charge in [-0.2, -0.15) is 0 Å². The summed E-state index contributed by atoms with van der Waals surface area (Å²) in [6.07, 6.45) is 4.13. The van der Waals surface area contributed by atoms with Crippen LogP contribution in [0.4, 0.5) is 4.79 Å². The minimum absolute atomic E-state index is 0.275. The number of carbonyl (C=O) groups is 1. The third kappa shape index (κ3) is 6.81. The third-order valence-electron chi connectivity index (χ3n) is 1.62. The SMILES string of the molecule is C#CCC(NC(=O)OC(C)(C)C)C(C)O. The molecule has 0 aliphatic rings. The number of hydrogen-bond acceptors (Lipinski definition) is 3. The van der Waals surface area contributed by atoms with Crippen LogP contribution in [0.5, 0.6) is 0 Å². The summed E-state index contributed by atoms with van der Waals surface area (Å²) in [6.45, 7) is 6.88. The van der Waals surface area contributed by atoms with Gasteiger partial charge in [-0.05, 0) is 27.7 Å². The van der Waals surface area contributed by atoms with Crippen LogP contribution < -0.4 is 5.32 Å². The van der Waals surface area contributed by atoms with Gasteiger partial charge in [0.2, 0.25) is 0 Å². The predicted molar refractivity (Wildman–Crippen MR) is 58.3 cm³/mol. The first-order chi connectivity index (χ1) is 6.76. The standard InChI is InChI=1S/C11H19NO3/c1-6-7-9(8(2)13)12-10(14)15-11(3,4)5/h1,8-9,13H,7H2,2-5H3,(H,12,14). The van der Waals surface area contributed by atoms with Crippen LogP contribution in [0.1, 0.15) is 34.1 Å². The second-order valence-electron chi connectivity index (χ2n) is 4.40. The zero-order chi connectivity index (χ0) is 12.1. The van der Waals surface area contributed by atoms with E-state index in [9.17, 15) is 9.90 Å². The van der Waals surface area contributed by atoms with Crippen LogP contribution in [0.25, 0.3) is 0 Å². The highest BCUT2D eigenvalue weighted by molar-refractivity contribution is 5.68. The molecule has 2 atom stereocenters. The molecule has 0 aromatic carbocycles. The predicted octanol–water partition coefficient (Wildman–Crippen LogP) is 1.28. The van der Waals surface area contributed by atoms with Gasteiger partial charge >= 0.3 is 6.09 Å². The summed E-state index contributed by atoms with van der Waals surface area (Å²) in [6, 6.07) is -0.468. The van der Waals surface area contributed by atoms with E-state index in [1.54, 1.807) is 27.7 Å². The molecular weight excluding hydrogens is 194 g/mol. The largest absolute Gasteiger partial charge is 0.444 e. The second kappa shape index (κ2) is 5.62. The Bertz CT molecular complexity index is 248. The first-order valence-corrected chi connectivity index (χ1v) is 4.87. The van der Waals surface area contributed by atoms with Crippen molar-refractivity contribution in [1.82, 2.24) is 5.32 Å². The zero-order valence-electron chi connectivity index (χ0n) is 9.70. The molecular formula is C11H19NO3. The first-order valence-electron chi connectivity index (χ1n) is 4.87. The zero-order valence-corrected chi connectivity index (χ0v) is 9.70. The Balaban J connectivity index is 4.19. The van der Waals surface area contributed by atoms with Gasteiger partial charge in [0.25, 0.3) is 0 Å². The molecule has 4 heteroatoms. The molecule has 4 nitrogen and oxygen atoms in total. The normalized spacial score (nSPS) is 14.9. The fourth-order valence-electron chi connectivity index (χ4n) is 0.928. The summed E-state index contributed by atoms with van der Waals surface area (Å²) in [7, 11) is 0. The molecule has 2 unspecified atom stereocenters. The highest BCUT2D eigenvalue weighted by Gasteiger charge is 2.21. The van der Waals surface area contributed by atoms with E-state index < -0.39 is 23.8 Å². The van der Waals surface area contributed by atoms with Crippen LogP contribution in [0.2, 0.25) is 0 Å². The van der Waals surface area contributed by atoms with Crippen LogP contribution in [-0.2, 0) is 4.74 Å². The van der Waals surface area contributed by atoms with Gasteiger partial charge in [0.15, 0.2) is 0 Å². The van der Waals surface area contributed by atoms with Crippen molar-refractivity contribution in [2.75, 3.05) is 0 Å². The molecule has 1 amide bonds. The summed E-state index contributed by atoms with van der Waals surface area (Å²) in [5.74, 6) is 2.39. The Labute approximate surface area is 91.0 Å². The molecule has 0 spiro atoms. The maximum absolute atomic E-state index is 11.3. The Morgan fingerprint density at radius 3 is 2.47 bits per heavy atom. The monoisotopic (exact) mass is 213 g/mol. The van der Waals surface area contributed by atoms with Crippen LogP contribution in [0.3, 0.4) is 0 Å². The lowest BCUT2D eigenvalue weighted by Gasteiger charge is -2.24. The molecule has 0 rings (SSSR count). The van der Waals surface area contributed by atoms with Crippen molar-refractivity contribution in [2.24, 2.45) is 0 Å². The molecule has 0 saturated heterocycles. The quantitative estimate of drug-likeness (QED) is 0.694. The van der Waals surface area contributed by atoms with Gasteiger partial charge in [0, 0.05) is 6.42 Å². The average Bonchev–Trinajstić information content (AvgIpc) is 1.99. The van der Waals surface area contributed by atoms with Crippen LogP contribution in [0, 0.1) is 12.3 Å². The number of terminal acetylenes is 1. The lowest BCUT2D eigenvalue weighted by molar-refractivity contribution is 0.0441. The van der Waals surface area contributed by atoms with Gasteiger partial charge in [-0.1, -0.05) is 0 Å². The topological polar surface area (TPSA) is 58.6 Å². The number of aliphatic hydroxyl groups is 1. The minimum Gasteiger partial charge on any atom is -0.444 e. The smallest absolute Gasteiger partial charge is 0.407 e. The Hall–Kier alpha value is -1.21. The van der Waals surface area contributed by atoms with Crippen molar-refractivity contribution >= 4 is 6.09 Å². The molecule has 0 aliphatic heterocycles. The summed E-state index contributed by atoms with van der Waals surface area (Å²) >= 11 is 0. The van der Waals surface area contributed by atoms with Crippen molar-refractivity contribution in [3.63, 3.8) is 0 Å². The fraction of sp³-hybridized carbons (Fsp3) is 0.727. The molecule has 0 heterocycles. The molecule has 86 valence electrons. The van der Waals surface area contributed by atoms with E-state index in [-0.39, 0.29) is 6.42 Å². The lowest BCUT2D eigenvalue weighted by atomic mass is 10.1. The summed E-state index contributed by atoms with van der Waals surface area (Å²) in [4.78, 5) is 11.3. The summed E-state index contributed by atoms with van der Waals surface area (Å²) < 4.78 is 5.03. The van der Waals surface area contributed by atoms with E-state index in [1.807, 2.05) is 0 Å². The number of hydrogen-bond donors (Lipinski definition) is 2. The number of nitrogens with one attached hydrogen (secondary N) is 1. The third-order valence-corrected chi connectivity index (χ3v) is 1.62. The summed E-state index contributed by atoms with van der Waals surface area (Å²) in [5, 5.41) is 11.8. The molecule has 15 heavy (non-hydrogen) atoms. The van der Waals surface area contributed by atoms with Gasteiger partial charge in [0.05, 0.1) is 12.1 Å². The van der Waals surface area contributed by atoms with Gasteiger partial charge in [0.1, 0.15) is 5.60 Å². The molecule has 2 N–H and O–H groups in total. The molecule has 0 radical (unpaired) electrons. The van der Waals surface area contributed by atoms with E-state index in [0.29, 0.717) is 0 Å².